The van der Waals surface area contributed by atoms with Gasteiger partial charge >= 0.3 is 0 Å². The molecular formula is C28H47N3O2. The van der Waals surface area contributed by atoms with Crippen molar-refractivity contribution in [1.29, 1.82) is 0 Å². The minimum atomic E-state index is -0.381. The van der Waals surface area contributed by atoms with Crippen molar-refractivity contribution in [2.24, 2.45) is 23.5 Å². The Morgan fingerprint density at radius 3 is 2.39 bits per heavy atom. The van der Waals surface area contributed by atoms with Crippen LogP contribution in [0.2, 0.25) is 0 Å². The Morgan fingerprint density at radius 1 is 1.06 bits per heavy atom. The van der Waals surface area contributed by atoms with Crippen LogP contribution in [0.3, 0.4) is 0 Å². The minimum absolute atomic E-state index is 0.112. The molecule has 2 fully saturated rings. The minimum Gasteiger partial charge on any atom is -0.493 e. The molecule has 1 aromatic rings. The topological polar surface area (TPSA) is 58.8 Å². The second kappa shape index (κ2) is 12.6. The summed E-state index contributed by atoms with van der Waals surface area (Å²) in [7, 11) is 0. The predicted molar refractivity (Wildman–Crippen MR) is 138 cm³/mol. The van der Waals surface area contributed by atoms with E-state index in [2.05, 4.69) is 56.9 Å². The maximum absolute atomic E-state index is 12.9. The Labute approximate surface area is 202 Å². The molecule has 1 aliphatic carbocycles. The fourth-order valence-corrected chi connectivity index (χ4v) is 5.26. The molecule has 2 N–H and O–H groups in total. The number of benzene rings is 1. The maximum Gasteiger partial charge on any atom is 0.239 e. The molecule has 1 aromatic carbocycles. The van der Waals surface area contributed by atoms with Crippen LogP contribution in [0.15, 0.2) is 24.3 Å². The number of amides is 1. The molecule has 0 aromatic heterocycles. The molecule has 1 aliphatic heterocycles. The maximum atomic E-state index is 12.9. The molecule has 0 bridgehead atoms. The molecule has 1 amide bonds. The summed E-state index contributed by atoms with van der Waals surface area (Å²) in [6.45, 7) is 12.2. The van der Waals surface area contributed by atoms with E-state index in [1.165, 1.54) is 37.8 Å². The largest absolute Gasteiger partial charge is 0.493 e. The van der Waals surface area contributed by atoms with Crippen molar-refractivity contribution < 1.29 is 9.53 Å². The highest BCUT2D eigenvalue weighted by Gasteiger charge is 2.33. The number of carbonyl (C=O) groups is 1. The van der Waals surface area contributed by atoms with Crippen LogP contribution in [0.25, 0.3) is 0 Å². The van der Waals surface area contributed by atoms with Gasteiger partial charge < -0.3 is 20.3 Å². The normalized spacial score (nSPS) is 20.5. The van der Waals surface area contributed by atoms with Gasteiger partial charge in [-0.1, -0.05) is 47.0 Å². The van der Waals surface area contributed by atoms with Crippen LogP contribution in [-0.2, 0) is 4.79 Å². The number of hydrogen-bond donors (Lipinski definition) is 1. The van der Waals surface area contributed by atoms with Gasteiger partial charge in [-0.15, -0.1) is 0 Å². The van der Waals surface area contributed by atoms with E-state index < -0.39 is 0 Å². The number of hydrogen-bond acceptors (Lipinski definition) is 4. The van der Waals surface area contributed by atoms with Crippen LogP contribution in [0, 0.1) is 17.8 Å². The van der Waals surface area contributed by atoms with E-state index in [1.54, 1.807) is 0 Å². The number of ether oxygens (including phenoxy) is 1. The quantitative estimate of drug-likeness (QED) is 0.478. The lowest BCUT2D eigenvalue weighted by Crippen LogP contribution is -2.45. The Morgan fingerprint density at radius 2 is 1.76 bits per heavy atom. The Balaban J connectivity index is 1.61. The fraction of sp³-hybridized carbons (Fsp3) is 0.750. The molecule has 5 heteroatoms. The van der Waals surface area contributed by atoms with Gasteiger partial charge in [-0.2, -0.15) is 0 Å². The summed E-state index contributed by atoms with van der Waals surface area (Å²) in [5.41, 5.74) is 7.44. The van der Waals surface area contributed by atoms with E-state index in [9.17, 15) is 4.79 Å². The fourth-order valence-electron chi connectivity index (χ4n) is 5.26. The lowest BCUT2D eigenvalue weighted by Gasteiger charge is -2.32. The molecule has 0 radical (unpaired) electrons. The lowest BCUT2D eigenvalue weighted by molar-refractivity contribution is -0.131. The average Bonchev–Trinajstić information content (AvgIpc) is 3.28. The van der Waals surface area contributed by atoms with Gasteiger partial charge in [-0.25, -0.2) is 0 Å². The van der Waals surface area contributed by atoms with Crippen LogP contribution < -0.4 is 15.4 Å². The molecule has 33 heavy (non-hydrogen) atoms. The zero-order valence-corrected chi connectivity index (χ0v) is 21.5. The van der Waals surface area contributed by atoms with E-state index in [1.807, 2.05) is 4.90 Å². The molecule has 2 atom stereocenters. The summed E-state index contributed by atoms with van der Waals surface area (Å²) in [5.74, 6) is 2.87. The average molecular weight is 458 g/mol. The molecular weight excluding hydrogens is 410 g/mol. The molecule has 1 saturated carbocycles. The molecule has 186 valence electrons. The summed E-state index contributed by atoms with van der Waals surface area (Å²) >= 11 is 0. The zero-order valence-electron chi connectivity index (χ0n) is 21.5. The van der Waals surface area contributed by atoms with Gasteiger partial charge in [0.05, 0.1) is 12.6 Å². The number of nitrogens with zero attached hydrogens (tertiary/aromatic N) is 2. The number of carbonyl (C=O) groups excluding carboxylic acids is 1. The van der Waals surface area contributed by atoms with Crippen LogP contribution in [0.1, 0.15) is 79.1 Å². The Bertz CT molecular complexity index is 712. The summed E-state index contributed by atoms with van der Waals surface area (Å²) in [4.78, 5) is 17.4. The molecule has 3 rings (SSSR count). The van der Waals surface area contributed by atoms with E-state index in [-0.39, 0.29) is 11.9 Å². The van der Waals surface area contributed by atoms with Gasteiger partial charge in [0.15, 0.2) is 0 Å². The van der Waals surface area contributed by atoms with Crippen molar-refractivity contribution in [3.05, 3.63) is 24.3 Å². The van der Waals surface area contributed by atoms with Crippen molar-refractivity contribution >= 4 is 11.6 Å². The highest BCUT2D eigenvalue weighted by Crippen LogP contribution is 2.28. The molecule has 1 heterocycles. The lowest BCUT2D eigenvalue weighted by atomic mass is 9.90. The smallest absolute Gasteiger partial charge is 0.239 e. The van der Waals surface area contributed by atoms with E-state index in [0.29, 0.717) is 23.8 Å². The predicted octanol–water partition coefficient (Wildman–Crippen LogP) is 5.47. The first-order valence-electron chi connectivity index (χ1n) is 13.4. The molecule has 1 saturated heterocycles. The first-order chi connectivity index (χ1) is 15.8. The molecule has 1 unspecified atom stereocenters. The van der Waals surface area contributed by atoms with Crippen LogP contribution in [0.4, 0.5) is 5.69 Å². The van der Waals surface area contributed by atoms with Crippen molar-refractivity contribution in [1.82, 2.24) is 4.90 Å². The second-order valence-corrected chi connectivity index (χ2v) is 11.1. The van der Waals surface area contributed by atoms with Crippen molar-refractivity contribution in [3.63, 3.8) is 0 Å². The van der Waals surface area contributed by atoms with Gasteiger partial charge in [-0.3, -0.25) is 4.79 Å². The van der Waals surface area contributed by atoms with Crippen molar-refractivity contribution in [3.8, 4) is 5.75 Å². The molecule has 5 nitrogen and oxygen atoms in total. The van der Waals surface area contributed by atoms with E-state index >= 15 is 0 Å². The third-order valence-corrected chi connectivity index (χ3v) is 7.28. The number of rotatable bonds is 11. The van der Waals surface area contributed by atoms with Crippen molar-refractivity contribution in [2.75, 3.05) is 31.1 Å². The SMILES string of the molecule is CC(C)CCN(c1ccc(OCC2CCCCC2)cc1)[C@H]1CCN(C(=O)C(N)CC(C)C)C1. The first kappa shape index (κ1) is 25.9. The first-order valence-corrected chi connectivity index (χ1v) is 13.4. The van der Waals surface area contributed by atoms with Gasteiger partial charge in [0.1, 0.15) is 5.75 Å². The standard InChI is InChI=1S/C28H47N3O2/c1-21(2)14-17-31(25-15-16-30(19-25)28(32)27(29)18-22(3)4)24-10-12-26(13-11-24)33-20-23-8-6-5-7-9-23/h10-13,21-23,25,27H,5-9,14-20,29H2,1-4H3/t25-,27?/m0/s1. The molecule has 0 spiro atoms. The van der Waals surface area contributed by atoms with Crippen LogP contribution in [-0.4, -0.2) is 49.1 Å². The van der Waals surface area contributed by atoms with Gasteiger partial charge in [0.2, 0.25) is 5.91 Å². The van der Waals surface area contributed by atoms with Gasteiger partial charge in [0, 0.05) is 31.4 Å². The number of likely N-dealkylation sites (tertiary alicyclic amines) is 1. The highest BCUT2D eigenvalue weighted by atomic mass is 16.5. The third kappa shape index (κ3) is 7.91. The summed E-state index contributed by atoms with van der Waals surface area (Å²) in [6.07, 6.45) is 9.57. The monoisotopic (exact) mass is 457 g/mol. The van der Waals surface area contributed by atoms with Gasteiger partial charge in [0.25, 0.3) is 0 Å². The highest BCUT2D eigenvalue weighted by molar-refractivity contribution is 5.82. The van der Waals surface area contributed by atoms with E-state index in [0.717, 1.165) is 51.3 Å². The molecule has 2 aliphatic rings. The van der Waals surface area contributed by atoms with Crippen molar-refractivity contribution in [2.45, 2.75) is 91.1 Å². The summed E-state index contributed by atoms with van der Waals surface area (Å²) in [5, 5.41) is 0. The Kier molecular flexibility index (Phi) is 9.91. The third-order valence-electron chi connectivity index (χ3n) is 7.28. The Hall–Kier alpha value is -1.75. The van der Waals surface area contributed by atoms with Crippen LogP contribution >= 0.6 is 0 Å². The second-order valence-electron chi connectivity index (χ2n) is 11.1. The van der Waals surface area contributed by atoms with Crippen LogP contribution in [0.5, 0.6) is 5.75 Å². The number of nitrogens with two attached hydrogens (primary N) is 1. The zero-order chi connectivity index (χ0) is 23.8. The summed E-state index contributed by atoms with van der Waals surface area (Å²) in [6, 6.07) is 8.60. The van der Waals surface area contributed by atoms with E-state index in [4.69, 9.17) is 10.5 Å². The van der Waals surface area contributed by atoms with Gasteiger partial charge in [-0.05, 0) is 74.1 Å². The number of anilines is 1. The summed E-state index contributed by atoms with van der Waals surface area (Å²) < 4.78 is 6.13.